The van der Waals surface area contributed by atoms with Gasteiger partial charge in [-0.3, -0.25) is 4.79 Å². The fourth-order valence-electron chi connectivity index (χ4n) is 4.97. The van der Waals surface area contributed by atoms with Gasteiger partial charge in [0.15, 0.2) is 0 Å². The second-order valence-corrected chi connectivity index (χ2v) is 9.37. The number of halogens is 1. The van der Waals surface area contributed by atoms with Crippen LogP contribution in [0.2, 0.25) is 0 Å². The molecule has 2 heterocycles. The lowest BCUT2D eigenvalue weighted by Crippen LogP contribution is -2.24. The first kappa shape index (κ1) is 23.1. The van der Waals surface area contributed by atoms with Crippen molar-refractivity contribution in [3.63, 3.8) is 0 Å². The molecule has 5 nitrogen and oxygen atoms in total. The summed E-state index contributed by atoms with van der Waals surface area (Å²) in [6.07, 6.45) is 2.27. The number of hydrogen-bond acceptors (Lipinski definition) is 3. The van der Waals surface area contributed by atoms with E-state index in [2.05, 4.69) is 42.7 Å². The highest BCUT2D eigenvalue weighted by atomic mass is 19.1. The second kappa shape index (κ2) is 9.90. The normalized spacial score (nSPS) is 15.8. The lowest BCUT2D eigenvalue weighted by atomic mass is 10.1. The van der Waals surface area contributed by atoms with Gasteiger partial charge in [0.2, 0.25) is 5.91 Å². The first-order valence-corrected chi connectivity index (χ1v) is 12.2. The molecule has 4 aromatic rings. The zero-order valence-electron chi connectivity index (χ0n) is 20.2. The number of benzene rings is 3. The summed E-state index contributed by atoms with van der Waals surface area (Å²) >= 11 is 0. The number of nitrogens with zero attached hydrogens (tertiary/aromatic N) is 3. The number of carbonyl (C=O) groups excluding carboxylic acids is 1. The van der Waals surface area contributed by atoms with Gasteiger partial charge in [-0.1, -0.05) is 18.2 Å². The molecule has 0 unspecified atom stereocenters. The summed E-state index contributed by atoms with van der Waals surface area (Å²) in [6.45, 7) is 6.18. The predicted molar refractivity (Wildman–Crippen MR) is 136 cm³/mol. The fourth-order valence-corrected chi connectivity index (χ4v) is 4.97. The highest BCUT2D eigenvalue weighted by molar-refractivity contribution is 5.96. The highest BCUT2D eigenvalue weighted by Crippen LogP contribution is 2.33. The average molecular weight is 472 g/mol. The van der Waals surface area contributed by atoms with Gasteiger partial charge in [0, 0.05) is 31.1 Å². The second-order valence-electron chi connectivity index (χ2n) is 9.37. The third-order valence-electron chi connectivity index (χ3n) is 6.55. The molecule has 0 N–H and O–H groups in total. The Morgan fingerprint density at radius 2 is 1.74 bits per heavy atom. The van der Waals surface area contributed by atoms with Crippen LogP contribution in [0.4, 0.5) is 10.1 Å². The van der Waals surface area contributed by atoms with Crippen LogP contribution in [0, 0.1) is 19.7 Å². The Kier molecular flexibility index (Phi) is 6.53. The highest BCUT2D eigenvalue weighted by Gasteiger charge is 2.34. The monoisotopic (exact) mass is 471 g/mol. The molecule has 35 heavy (non-hydrogen) atoms. The topological polar surface area (TPSA) is 47.4 Å². The molecule has 1 aromatic heterocycles. The molecule has 1 atom stereocenters. The standard InChI is InChI=1S/C29H30FN3O2/c1-20-15-21(2)17-25(16-20)35-14-6-5-13-32-27-8-4-3-7-26(27)31-29(32)22-18-28(34)33(19-22)24-11-9-23(30)10-12-24/h3-4,7-12,15-17,22H,5-6,13-14,18-19H2,1-2H3/t22-/m1/s1. The largest absolute Gasteiger partial charge is 0.494 e. The van der Waals surface area contributed by atoms with E-state index in [1.165, 1.54) is 23.3 Å². The smallest absolute Gasteiger partial charge is 0.227 e. The van der Waals surface area contributed by atoms with Gasteiger partial charge < -0.3 is 14.2 Å². The van der Waals surface area contributed by atoms with E-state index < -0.39 is 0 Å². The van der Waals surface area contributed by atoms with Crippen LogP contribution in [0.5, 0.6) is 5.75 Å². The number of para-hydroxylation sites is 2. The van der Waals surface area contributed by atoms with Gasteiger partial charge >= 0.3 is 0 Å². The molecule has 0 saturated carbocycles. The number of imidazole rings is 1. The number of rotatable bonds is 8. The molecular formula is C29H30FN3O2. The quantitative estimate of drug-likeness (QED) is 0.289. The first-order valence-electron chi connectivity index (χ1n) is 12.2. The Balaban J connectivity index is 1.28. The third kappa shape index (κ3) is 5.06. The van der Waals surface area contributed by atoms with Gasteiger partial charge in [0.1, 0.15) is 17.4 Å². The maximum atomic E-state index is 13.4. The van der Waals surface area contributed by atoms with E-state index in [9.17, 15) is 9.18 Å². The number of aromatic nitrogens is 2. The SMILES string of the molecule is Cc1cc(C)cc(OCCCCn2c([C@@H]3CC(=O)N(c4ccc(F)cc4)C3)nc3ccccc32)c1. The summed E-state index contributed by atoms with van der Waals surface area (Å²) < 4.78 is 21.6. The van der Waals surface area contributed by atoms with E-state index in [0.29, 0.717) is 19.6 Å². The van der Waals surface area contributed by atoms with Crippen molar-refractivity contribution in [3.05, 3.63) is 89.5 Å². The Morgan fingerprint density at radius 3 is 2.51 bits per heavy atom. The van der Waals surface area contributed by atoms with Crippen molar-refractivity contribution in [1.29, 1.82) is 0 Å². The number of aryl methyl sites for hydroxylation is 3. The van der Waals surface area contributed by atoms with Crippen molar-refractivity contribution < 1.29 is 13.9 Å². The Hall–Kier alpha value is -3.67. The van der Waals surface area contributed by atoms with Crippen molar-refractivity contribution in [2.45, 2.75) is 45.6 Å². The van der Waals surface area contributed by atoms with Crippen LogP contribution >= 0.6 is 0 Å². The van der Waals surface area contributed by atoms with E-state index in [4.69, 9.17) is 9.72 Å². The zero-order chi connectivity index (χ0) is 24.4. The summed E-state index contributed by atoms with van der Waals surface area (Å²) in [4.78, 5) is 19.5. The summed E-state index contributed by atoms with van der Waals surface area (Å²) in [5.74, 6) is 1.59. The Labute approximate surface area is 205 Å². The minimum Gasteiger partial charge on any atom is -0.494 e. The molecule has 1 saturated heterocycles. The Bertz CT molecular complexity index is 1330. The number of hydrogen-bond donors (Lipinski definition) is 0. The van der Waals surface area contributed by atoms with Gasteiger partial charge in [-0.25, -0.2) is 9.37 Å². The average Bonchev–Trinajstić information content (AvgIpc) is 3.39. The van der Waals surface area contributed by atoms with Crippen LogP contribution in [0.25, 0.3) is 11.0 Å². The van der Waals surface area contributed by atoms with Crippen LogP contribution in [0.15, 0.2) is 66.7 Å². The third-order valence-corrected chi connectivity index (χ3v) is 6.55. The molecule has 6 heteroatoms. The van der Waals surface area contributed by atoms with Gasteiger partial charge in [0.25, 0.3) is 0 Å². The molecule has 0 bridgehead atoms. The molecule has 1 amide bonds. The van der Waals surface area contributed by atoms with Crippen molar-refractivity contribution in [1.82, 2.24) is 9.55 Å². The number of unbranched alkanes of at least 4 members (excludes halogenated alkanes) is 1. The maximum Gasteiger partial charge on any atom is 0.227 e. The van der Waals surface area contributed by atoms with Crippen molar-refractivity contribution in [2.24, 2.45) is 0 Å². The molecular weight excluding hydrogens is 441 g/mol. The van der Waals surface area contributed by atoms with E-state index >= 15 is 0 Å². The number of carbonyl (C=O) groups is 1. The predicted octanol–water partition coefficient (Wildman–Crippen LogP) is 6.17. The van der Waals surface area contributed by atoms with Crippen LogP contribution < -0.4 is 9.64 Å². The molecule has 5 rings (SSSR count). The molecule has 0 aliphatic carbocycles. The molecule has 3 aromatic carbocycles. The van der Waals surface area contributed by atoms with E-state index in [1.54, 1.807) is 17.0 Å². The van der Waals surface area contributed by atoms with Crippen LogP contribution in [-0.4, -0.2) is 28.6 Å². The van der Waals surface area contributed by atoms with Crippen LogP contribution in [0.3, 0.4) is 0 Å². The molecule has 0 radical (unpaired) electrons. The maximum absolute atomic E-state index is 13.4. The minimum absolute atomic E-state index is 0.00790. The molecule has 1 aliphatic rings. The summed E-state index contributed by atoms with van der Waals surface area (Å²) in [5.41, 5.74) is 5.17. The number of ether oxygens (including phenoxy) is 1. The number of anilines is 1. The lowest BCUT2D eigenvalue weighted by molar-refractivity contribution is -0.117. The summed E-state index contributed by atoms with van der Waals surface area (Å²) in [6, 6.07) is 20.5. The van der Waals surface area contributed by atoms with E-state index in [0.717, 1.165) is 47.7 Å². The Morgan fingerprint density at radius 1 is 1.00 bits per heavy atom. The zero-order valence-corrected chi connectivity index (χ0v) is 20.2. The van der Waals surface area contributed by atoms with E-state index in [1.807, 2.05) is 18.2 Å². The number of fused-ring (bicyclic) bond motifs is 1. The minimum atomic E-state index is -0.305. The van der Waals surface area contributed by atoms with Gasteiger partial charge in [-0.05, 0) is 86.3 Å². The molecule has 0 spiro atoms. The van der Waals surface area contributed by atoms with Crippen LogP contribution in [-0.2, 0) is 11.3 Å². The molecule has 180 valence electrons. The molecule has 1 fully saturated rings. The summed E-state index contributed by atoms with van der Waals surface area (Å²) in [5, 5.41) is 0. The van der Waals surface area contributed by atoms with Crippen molar-refractivity contribution in [2.75, 3.05) is 18.1 Å². The molecule has 1 aliphatic heterocycles. The summed E-state index contributed by atoms with van der Waals surface area (Å²) in [7, 11) is 0. The van der Waals surface area contributed by atoms with E-state index in [-0.39, 0.29) is 17.6 Å². The first-order chi connectivity index (χ1) is 17.0. The van der Waals surface area contributed by atoms with Crippen molar-refractivity contribution in [3.8, 4) is 5.75 Å². The fraction of sp³-hybridized carbons (Fsp3) is 0.310. The van der Waals surface area contributed by atoms with Gasteiger partial charge in [-0.15, -0.1) is 0 Å². The lowest BCUT2D eigenvalue weighted by Gasteiger charge is -2.17. The van der Waals surface area contributed by atoms with Gasteiger partial charge in [-0.2, -0.15) is 0 Å². The van der Waals surface area contributed by atoms with Crippen LogP contribution in [0.1, 0.15) is 42.1 Å². The van der Waals surface area contributed by atoms with Gasteiger partial charge in [0.05, 0.1) is 17.6 Å². The van der Waals surface area contributed by atoms with Crippen molar-refractivity contribution >= 4 is 22.6 Å². The number of amides is 1.